The van der Waals surface area contributed by atoms with E-state index in [0.717, 1.165) is 35.7 Å². The van der Waals surface area contributed by atoms with Gasteiger partial charge in [0.1, 0.15) is 5.69 Å². The minimum absolute atomic E-state index is 0.0265. The molecule has 1 unspecified atom stereocenters. The fourth-order valence-electron chi connectivity index (χ4n) is 2.90. The third kappa shape index (κ3) is 2.79. The predicted octanol–water partition coefficient (Wildman–Crippen LogP) is 3.12. The molecule has 0 aromatic carbocycles. The van der Waals surface area contributed by atoms with Crippen molar-refractivity contribution in [2.75, 3.05) is 0 Å². The molecule has 1 N–H and O–H groups in total. The van der Waals surface area contributed by atoms with Gasteiger partial charge in [0, 0.05) is 11.9 Å². The molecule has 2 aromatic heterocycles. The Morgan fingerprint density at radius 1 is 1.50 bits per heavy atom. The van der Waals surface area contributed by atoms with Gasteiger partial charge in [-0.1, -0.05) is 13.8 Å². The summed E-state index contributed by atoms with van der Waals surface area (Å²) in [7, 11) is 1.82. The topological polar surface area (TPSA) is 59.8 Å². The van der Waals surface area contributed by atoms with Crippen LogP contribution in [0.1, 0.15) is 70.4 Å². The van der Waals surface area contributed by atoms with Crippen LogP contribution in [-0.4, -0.2) is 20.7 Å². The van der Waals surface area contributed by atoms with Gasteiger partial charge in [-0.2, -0.15) is 5.10 Å². The Labute approximate surface area is 134 Å². The van der Waals surface area contributed by atoms with Crippen molar-refractivity contribution in [3.63, 3.8) is 0 Å². The summed E-state index contributed by atoms with van der Waals surface area (Å²) < 4.78 is 1.67. The minimum Gasteiger partial charge on any atom is -0.342 e. The lowest BCUT2D eigenvalue weighted by atomic mass is 9.97. The zero-order valence-electron chi connectivity index (χ0n) is 13.5. The fourth-order valence-corrected chi connectivity index (χ4v) is 3.94. The van der Waals surface area contributed by atoms with E-state index < -0.39 is 0 Å². The summed E-state index contributed by atoms with van der Waals surface area (Å²) in [6, 6.07) is 1.91. The van der Waals surface area contributed by atoms with Gasteiger partial charge < -0.3 is 5.32 Å². The van der Waals surface area contributed by atoms with Crippen LogP contribution in [0.25, 0.3) is 0 Å². The standard InChI is InChI=1S/C16H22N4OS/c1-9(2)12-8-13(20(4)19-12)16(21)18-11-6-5-7-14-15(11)17-10(3)22-14/h8-9,11H,5-7H2,1-4H3,(H,18,21). The summed E-state index contributed by atoms with van der Waals surface area (Å²) in [6.45, 7) is 6.18. The van der Waals surface area contributed by atoms with Gasteiger partial charge in [-0.3, -0.25) is 9.48 Å². The van der Waals surface area contributed by atoms with E-state index in [1.165, 1.54) is 4.88 Å². The molecule has 0 bridgehead atoms. The molecule has 0 spiro atoms. The molecule has 0 aliphatic heterocycles. The van der Waals surface area contributed by atoms with Gasteiger partial charge in [0.05, 0.1) is 22.4 Å². The van der Waals surface area contributed by atoms with Crippen LogP contribution >= 0.6 is 11.3 Å². The second-order valence-electron chi connectivity index (χ2n) is 6.19. The van der Waals surface area contributed by atoms with E-state index in [4.69, 9.17) is 0 Å². The molecule has 2 aromatic rings. The molecule has 6 heteroatoms. The number of carbonyl (C=O) groups is 1. The number of hydrogen-bond donors (Lipinski definition) is 1. The van der Waals surface area contributed by atoms with Gasteiger partial charge >= 0.3 is 0 Å². The number of nitrogens with zero attached hydrogens (tertiary/aromatic N) is 3. The van der Waals surface area contributed by atoms with Crippen LogP contribution in [0, 0.1) is 6.92 Å². The number of hydrogen-bond acceptors (Lipinski definition) is 4. The number of thiazole rings is 1. The molecule has 0 radical (unpaired) electrons. The van der Waals surface area contributed by atoms with Crippen LogP contribution in [0.2, 0.25) is 0 Å². The number of amides is 1. The summed E-state index contributed by atoms with van der Waals surface area (Å²) in [5, 5.41) is 8.63. The number of carbonyl (C=O) groups excluding carboxylic acids is 1. The number of fused-ring (bicyclic) bond motifs is 1. The van der Waals surface area contributed by atoms with Gasteiger partial charge in [0.25, 0.3) is 5.91 Å². The van der Waals surface area contributed by atoms with Gasteiger partial charge in [-0.25, -0.2) is 4.98 Å². The van der Waals surface area contributed by atoms with Crippen molar-refractivity contribution in [3.05, 3.63) is 33.0 Å². The molecule has 0 fully saturated rings. The van der Waals surface area contributed by atoms with Crippen LogP contribution < -0.4 is 5.32 Å². The molecule has 0 saturated heterocycles. The number of nitrogens with one attached hydrogen (secondary N) is 1. The normalized spacial score (nSPS) is 17.6. The zero-order chi connectivity index (χ0) is 15.9. The van der Waals surface area contributed by atoms with Crippen LogP contribution in [0.4, 0.5) is 0 Å². The highest BCUT2D eigenvalue weighted by atomic mass is 32.1. The Balaban J connectivity index is 1.80. The lowest BCUT2D eigenvalue weighted by molar-refractivity contribution is 0.0922. The van der Waals surface area contributed by atoms with Gasteiger partial charge in [-0.15, -0.1) is 11.3 Å². The zero-order valence-corrected chi connectivity index (χ0v) is 14.3. The van der Waals surface area contributed by atoms with E-state index in [-0.39, 0.29) is 11.9 Å². The quantitative estimate of drug-likeness (QED) is 0.946. The summed E-state index contributed by atoms with van der Waals surface area (Å²) in [6.07, 6.45) is 3.13. The van der Waals surface area contributed by atoms with E-state index in [1.54, 1.807) is 16.0 Å². The SMILES string of the molecule is Cc1nc2c(s1)CCCC2NC(=O)c1cc(C(C)C)nn1C. The van der Waals surface area contributed by atoms with Gasteiger partial charge in [0.2, 0.25) is 0 Å². The molecule has 1 amide bonds. The van der Waals surface area contributed by atoms with Crippen molar-refractivity contribution in [1.82, 2.24) is 20.1 Å². The molecule has 0 saturated carbocycles. The highest BCUT2D eigenvalue weighted by Gasteiger charge is 2.26. The van der Waals surface area contributed by atoms with Crippen LogP contribution in [0.15, 0.2) is 6.07 Å². The maximum absolute atomic E-state index is 12.6. The molecule has 118 valence electrons. The fraction of sp³-hybridized carbons (Fsp3) is 0.562. The monoisotopic (exact) mass is 318 g/mol. The molecular formula is C16H22N4OS. The summed E-state index contributed by atoms with van der Waals surface area (Å²) in [4.78, 5) is 18.5. The summed E-state index contributed by atoms with van der Waals surface area (Å²) in [5.41, 5.74) is 2.62. The third-order valence-electron chi connectivity index (χ3n) is 4.09. The number of aromatic nitrogens is 3. The first-order valence-corrected chi connectivity index (χ1v) is 8.58. The van der Waals surface area contributed by atoms with Gasteiger partial charge in [-0.05, 0) is 38.2 Å². The lowest BCUT2D eigenvalue weighted by Gasteiger charge is -2.22. The average Bonchev–Trinajstić information content (AvgIpc) is 3.01. The maximum Gasteiger partial charge on any atom is 0.270 e. The highest BCUT2D eigenvalue weighted by Crippen LogP contribution is 2.33. The second kappa shape index (κ2) is 5.83. The van der Waals surface area contributed by atoms with E-state index in [0.29, 0.717) is 11.6 Å². The molecule has 3 rings (SSSR count). The Morgan fingerprint density at radius 3 is 2.95 bits per heavy atom. The summed E-state index contributed by atoms with van der Waals surface area (Å²) in [5.74, 6) is 0.251. The van der Waals surface area contributed by atoms with Crippen molar-refractivity contribution in [3.8, 4) is 0 Å². The van der Waals surface area contributed by atoms with E-state index in [9.17, 15) is 4.79 Å². The number of rotatable bonds is 3. The smallest absolute Gasteiger partial charge is 0.270 e. The third-order valence-corrected chi connectivity index (χ3v) is 5.14. The van der Waals surface area contributed by atoms with Crippen molar-refractivity contribution >= 4 is 17.2 Å². The van der Waals surface area contributed by atoms with Crippen molar-refractivity contribution in [2.45, 2.75) is 52.0 Å². The molecule has 5 nitrogen and oxygen atoms in total. The molecule has 2 heterocycles. The first-order valence-electron chi connectivity index (χ1n) is 7.76. The first kappa shape index (κ1) is 15.2. The van der Waals surface area contributed by atoms with E-state index in [1.807, 2.05) is 20.0 Å². The molecular weight excluding hydrogens is 296 g/mol. The molecule has 22 heavy (non-hydrogen) atoms. The summed E-state index contributed by atoms with van der Waals surface area (Å²) >= 11 is 1.75. The van der Waals surface area contributed by atoms with Crippen molar-refractivity contribution in [2.24, 2.45) is 7.05 Å². The maximum atomic E-state index is 12.6. The highest BCUT2D eigenvalue weighted by molar-refractivity contribution is 7.11. The molecule has 1 aliphatic rings. The van der Waals surface area contributed by atoms with Crippen LogP contribution in [0.5, 0.6) is 0 Å². The Morgan fingerprint density at radius 2 is 2.27 bits per heavy atom. The largest absolute Gasteiger partial charge is 0.342 e. The van der Waals surface area contributed by atoms with E-state index >= 15 is 0 Å². The van der Waals surface area contributed by atoms with Crippen LogP contribution in [0.3, 0.4) is 0 Å². The molecule has 1 aliphatic carbocycles. The Bertz CT molecular complexity index is 701. The Hall–Kier alpha value is -1.69. The number of aryl methyl sites for hydroxylation is 3. The Kier molecular flexibility index (Phi) is 4.04. The second-order valence-corrected chi connectivity index (χ2v) is 7.48. The molecule has 1 atom stereocenters. The van der Waals surface area contributed by atoms with Crippen molar-refractivity contribution in [1.29, 1.82) is 0 Å². The van der Waals surface area contributed by atoms with Crippen molar-refractivity contribution < 1.29 is 4.79 Å². The van der Waals surface area contributed by atoms with Gasteiger partial charge in [0.15, 0.2) is 0 Å². The first-order chi connectivity index (χ1) is 10.5. The average molecular weight is 318 g/mol. The van der Waals surface area contributed by atoms with E-state index in [2.05, 4.69) is 29.2 Å². The van der Waals surface area contributed by atoms with Crippen LogP contribution in [-0.2, 0) is 13.5 Å². The predicted molar refractivity (Wildman–Crippen MR) is 87.3 cm³/mol. The lowest BCUT2D eigenvalue weighted by Crippen LogP contribution is -2.32. The minimum atomic E-state index is -0.0644.